The van der Waals surface area contributed by atoms with E-state index in [1.54, 1.807) is 24.3 Å². The lowest BCUT2D eigenvalue weighted by Crippen LogP contribution is -2.34. The number of aliphatic hydroxyl groups excluding tert-OH is 1. The summed E-state index contributed by atoms with van der Waals surface area (Å²) in [5.74, 6) is -0.324. The number of ether oxygens (including phenoxy) is 5. The van der Waals surface area contributed by atoms with Crippen LogP contribution in [0.4, 0.5) is 0 Å². The minimum absolute atomic E-state index is 0.106. The highest BCUT2D eigenvalue weighted by molar-refractivity contribution is 5.79. The van der Waals surface area contributed by atoms with Crippen LogP contribution in [0.1, 0.15) is 28.7 Å². The van der Waals surface area contributed by atoms with E-state index in [1.807, 2.05) is 0 Å². The summed E-state index contributed by atoms with van der Waals surface area (Å²) in [7, 11) is 2.89. The maximum Gasteiger partial charge on any atom is 0.310 e. The average molecular weight is 400 g/mol. The van der Waals surface area contributed by atoms with Crippen molar-refractivity contribution in [2.45, 2.75) is 12.0 Å². The molecule has 4 atom stereocenters. The monoisotopic (exact) mass is 400 g/mol. The number of phenolic OH excluding ortho intramolecular Hbond substituents is 1. The van der Waals surface area contributed by atoms with Crippen LogP contribution in [-0.4, -0.2) is 43.8 Å². The molecule has 0 aromatic heterocycles. The first-order valence-corrected chi connectivity index (χ1v) is 9.26. The Balaban J connectivity index is 1.75. The summed E-state index contributed by atoms with van der Waals surface area (Å²) in [6, 6.07) is 6.93. The molecule has 1 saturated heterocycles. The minimum atomic E-state index is -0.867. The summed E-state index contributed by atoms with van der Waals surface area (Å²) in [4.78, 5) is 12.7. The molecule has 2 aliphatic heterocycles. The van der Waals surface area contributed by atoms with E-state index in [0.717, 1.165) is 5.56 Å². The van der Waals surface area contributed by atoms with Crippen molar-refractivity contribution in [3.05, 3.63) is 41.0 Å². The van der Waals surface area contributed by atoms with Gasteiger partial charge in [-0.15, -0.1) is 0 Å². The predicted octanol–water partition coefficient (Wildman–Crippen LogP) is 2.11. The van der Waals surface area contributed by atoms with Gasteiger partial charge in [0.15, 0.2) is 23.0 Å². The third-order valence-corrected chi connectivity index (χ3v) is 6.01. The molecule has 0 radical (unpaired) electrons. The molecule has 1 aliphatic carbocycles. The van der Waals surface area contributed by atoms with Crippen molar-refractivity contribution in [3.8, 4) is 28.7 Å². The number of esters is 1. The number of rotatable bonds is 3. The molecule has 2 unspecified atom stereocenters. The first-order valence-electron chi connectivity index (χ1n) is 9.26. The number of carbonyl (C=O) groups excluding carboxylic acids is 1. The number of carbonyl (C=O) groups is 1. The molecule has 2 heterocycles. The van der Waals surface area contributed by atoms with Crippen LogP contribution >= 0.6 is 0 Å². The Labute approximate surface area is 166 Å². The Hall–Kier alpha value is -3.13. The van der Waals surface area contributed by atoms with Crippen LogP contribution < -0.4 is 18.9 Å². The number of cyclic esters (lactones) is 1. The van der Waals surface area contributed by atoms with Gasteiger partial charge < -0.3 is 33.9 Å². The van der Waals surface area contributed by atoms with Gasteiger partial charge in [-0.2, -0.15) is 0 Å². The lowest BCUT2D eigenvalue weighted by Gasteiger charge is -2.37. The highest BCUT2D eigenvalue weighted by Gasteiger charge is 2.52. The molecular weight excluding hydrogens is 380 g/mol. The van der Waals surface area contributed by atoms with Crippen molar-refractivity contribution in [1.29, 1.82) is 0 Å². The van der Waals surface area contributed by atoms with Gasteiger partial charge in [-0.25, -0.2) is 0 Å². The van der Waals surface area contributed by atoms with E-state index in [4.69, 9.17) is 23.7 Å². The maximum absolute atomic E-state index is 12.7. The quantitative estimate of drug-likeness (QED) is 0.755. The molecule has 1 fully saturated rings. The van der Waals surface area contributed by atoms with Crippen LogP contribution in [0.15, 0.2) is 24.3 Å². The van der Waals surface area contributed by atoms with Gasteiger partial charge in [0.25, 0.3) is 0 Å². The Morgan fingerprint density at radius 3 is 2.21 bits per heavy atom. The van der Waals surface area contributed by atoms with Crippen LogP contribution in [0.5, 0.6) is 28.7 Å². The van der Waals surface area contributed by atoms with Gasteiger partial charge in [0.2, 0.25) is 12.5 Å². The van der Waals surface area contributed by atoms with E-state index >= 15 is 0 Å². The van der Waals surface area contributed by atoms with Gasteiger partial charge in [0.05, 0.1) is 32.8 Å². The Morgan fingerprint density at radius 2 is 1.59 bits per heavy atom. The molecule has 3 aliphatic rings. The van der Waals surface area contributed by atoms with Gasteiger partial charge in [0, 0.05) is 11.8 Å². The molecule has 8 nitrogen and oxygen atoms in total. The first-order chi connectivity index (χ1) is 14.0. The summed E-state index contributed by atoms with van der Waals surface area (Å²) >= 11 is 0. The Kier molecular flexibility index (Phi) is 3.99. The SMILES string of the molecule is COc1cc(C2c3cc4c(cc3C(O)[C@H]3COC(=O)[C@@H]23)OCO4)cc(OC)c1O. The van der Waals surface area contributed by atoms with E-state index in [-0.39, 0.29) is 36.6 Å². The standard InChI is InChI=1S/C21H20O8/c1-25-15-3-9(4-16(26-2)20(15)23)17-10-5-13-14(29-8-28-13)6-11(10)19(22)12-7-27-21(24)18(12)17/h3-6,12,17-19,22-23H,7-8H2,1-2H3/t12-,17?,18+,19?/m0/s1. The first kappa shape index (κ1) is 17.9. The van der Waals surface area contributed by atoms with E-state index in [1.165, 1.54) is 14.2 Å². The van der Waals surface area contributed by atoms with Gasteiger partial charge in [0.1, 0.15) is 0 Å². The van der Waals surface area contributed by atoms with Crippen LogP contribution in [0.3, 0.4) is 0 Å². The molecular formula is C21H20O8. The molecule has 152 valence electrons. The third-order valence-electron chi connectivity index (χ3n) is 6.01. The third kappa shape index (κ3) is 2.52. The van der Waals surface area contributed by atoms with Crippen molar-refractivity contribution in [2.24, 2.45) is 11.8 Å². The minimum Gasteiger partial charge on any atom is -0.502 e. The highest BCUT2D eigenvalue weighted by Crippen LogP contribution is 2.55. The molecule has 5 rings (SSSR count). The number of fused-ring (bicyclic) bond motifs is 3. The van der Waals surface area contributed by atoms with Gasteiger partial charge in [-0.1, -0.05) is 0 Å². The number of hydrogen-bond acceptors (Lipinski definition) is 8. The summed E-state index contributed by atoms with van der Waals surface area (Å²) in [5.41, 5.74) is 2.12. The van der Waals surface area contributed by atoms with E-state index in [0.29, 0.717) is 22.6 Å². The normalized spacial score (nSPS) is 26.5. The lowest BCUT2D eigenvalue weighted by molar-refractivity contribution is -0.141. The molecule has 2 aromatic carbocycles. The van der Waals surface area contributed by atoms with Crippen molar-refractivity contribution in [3.63, 3.8) is 0 Å². The van der Waals surface area contributed by atoms with Gasteiger partial charge in [-0.3, -0.25) is 4.79 Å². The topological polar surface area (TPSA) is 104 Å². The van der Waals surface area contributed by atoms with Crippen molar-refractivity contribution in [1.82, 2.24) is 0 Å². The molecule has 0 saturated carbocycles. The molecule has 0 bridgehead atoms. The van der Waals surface area contributed by atoms with Crippen molar-refractivity contribution < 1.29 is 38.7 Å². The molecule has 2 N–H and O–H groups in total. The zero-order valence-corrected chi connectivity index (χ0v) is 15.9. The largest absolute Gasteiger partial charge is 0.502 e. The summed E-state index contributed by atoms with van der Waals surface area (Å²) in [5, 5.41) is 21.3. The predicted molar refractivity (Wildman–Crippen MR) is 98.5 cm³/mol. The van der Waals surface area contributed by atoms with E-state index in [9.17, 15) is 15.0 Å². The van der Waals surface area contributed by atoms with Gasteiger partial charge >= 0.3 is 5.97 Å². The second-order valence-electron chi connectivity index (χ2n) is 7.35. The van der Waals surface area contributed by atoms with Crippen LogP contribution in [-0.2, 0) is 9.53 Å². The number of hydrogen-bond donors (Lipinski definition) is 2. The van der Waals surface area contributed by atoms with Crippen molar-refractivity contribution in [2.75, 3.05) is 27.6 Å². The zero-order chi connectivity index (χ0) is 20.3. The van der Waals surface area contributed by atoms with Crippen molar-refractivity contribution >= 4 is 5.97 Å². The van der Waals surface area contributed by atoms with Crippen LogP contribution in [0.2, 0.25) is 0 Å². The highest BCUT2D eigenvalue weighted by atomic mass is 16.7. The van der Waals surface area contributed by atoms with Gasteiger partial charge in [-0.05, 0) is 41.0 Å². The summed E-state index contributed by atoms with van der Waals surface area (Å²) in [6.45, 7) is 0.246. The fraction of sp³-hybridized carbons (Fsp3) is 0.381. The molecule has 29 heavy (non-hydrogen) atoms. The fourth-order valence-electron chi connectivity index (χ4n) is 4.63. The van der Waals surface area contributed by atoms with Crippen LogP contribution in [0.25, 0.3) is 0 Å². The molecule has 8 heteroatoms. The maximum atomic E-state index is 12.7. The average Bonchev–Trinajstić information content (AvgIpc) is 3.34. The zero-order valence-electron chi connectivity index (χ0n) is 15.9. The second kappa shape index (κ2) is 6.45. The molecule has 0 spiro atoms. The van der Waals surface area contributed by atoms with E-state index in [2.05, 4.69) is 0 Å². The van der Waals surface area contributed by atoms with Crippen LogP contribution in [0, 0.1) is 11.8 Å². The number of phenols is 1. The number of methoxy groups -OCH3 is 2. The number of aliphatic hydroxyl groups is 1. The number of aromatic hydroxyl groups is 1. The molecule has 0 amide bonds. The molecule has 2 aromatic rings. The smallest absolute Gasteiger partial charge is 0.310 e. The lowest BCUT2D eigenvalue weighted by atomic mass is 9.66. The second-order valence-corrected chi connectivity index (χ2v) is 7.35. The Morgan fingerprint density at radius 1 is 0.966 bits per heavy atom. The summed E-state index contributed by atoms with van der Waals surface area (Å²) in [6.07, 6.45) is -0.867. The summed E-state index contributed by atoms with van der Waals surface area (Å²) < 4.78 is 26.9. The van der Waals surface area contributed by atoms with E-state index < -0.39 is 23.9 Å². The number of benzene rings is 2. The Bertz CT molecular complexity index is 975. The fourth-order valence-corrected chi connectivity index (χ4v) is 4.63.